The van der Waals surface area contributed by atoms with E-state index in [0.29, 0.717) is 0 Å². The molecule has 3 aromatic rings. The standard InChI is InChI=1S/C13H12N4O/c1-14-12-4-2-9(6-15-12)11-8-17-7-10(18)3-5-13(17)16-11/h2-8,18H,1H3,(H,14,15). The van der Waals surface area contributed by atoms with Crippen molar-refractivity contribution in [2.24, 2.45) is 0 Å². The Hall–Kier alpha value is -2.56. The van der Waals surface area contributed by atoms with Crippen molar-refractivity contribution >= 4 is 11.5 Å². The van der Waals surface area contributed by atoms with E-state index in [1.807, 2.05) is 25.4 Å². The van der Waals surface area contributed by atoms with Gasteiger partial charge in [-0.2, -0.15) is 0 Å². The second kappa shape index (κ2) is 4.03. The molecular formula is C13H12N4O. The molecule has 2 N–H and O–H groups in total. The molecule has 0 aliphatic heterocycles. The Labute approximate surface area is 104 Å². The van der Waals surface area contributed by atoms with Crippen molar-refractivity contribution in [3.63, 3.8) is 0 Å². The fourth-order valence-corrected chi connectivity index (χ4v) is 1.81. The monoisotopic (exact) mass is 240 g/mol. The zero-order valence-corrected chi connectivity index (χ0v) is 9.83. The molecule has 90 valence electrons. The number of nitrogens with one attached hydrogen (secondary N) is 1. The van der Waals surface area contributed by atoms with Gasteiger partial charge in [-0.3, -0.25) is 0 Å². The Kier molecular flexibility index (Phi) is 2.37. The summed E-state index contributed by atoms with van der Waals surface area (Å²) in [7, 11) is 1.83. The molecule has 0 spiro atoms. The number of anilines is 1. The summed E-state index contributed by atoms with van der Waals surface area (Å²) in [5, 5.41) is 12.4. The average Bonchev–Trinajstić information content (AvgIpc) is 2.81. The van der Waals surface area contributed by atoms with Gasteiger partial charge in [0.05, 0.1) is 11.9 Å². The first-order chi connectivity index (χ1) is 8.76. The maximum absolute atomic E-state index is 9.41. The second-order valence-electron chi connectivity index (χ2n) is 3.96. The highest BCUT2D eigenvalue weighted by Crippen LogP contribution is 2.20. The maximum atomic E-state index is 9.41. The number of aromatic hydroxyl groups is 1. The molecule has 18 heavy (non-hydrogen) atoms. The summed E-state index contributed by atoms with van der Waals surface area (Å²) < 4.78 is 1.79. The van der Waals surface area contributed by atoms with E-state index in [2.05, 4.69) is 15.3 Å². The van der Waals surface area contributed by atoms with Crippen LogP contribution in [0.2, 0.25) is 0 Å². The number of rotatable bonds is 2. The first-order valence-electron chi connectivity index (χ1n) is 5.58. The number of aromatic nitrogens is 3. The van der Waals surface area contributed by atoms with Crippen LogP contribution in [0.3, 0.4) is 0 Å². The summed E-state index contributed by atoms with van der Waals surface area (Å²) in [4.78, 5) is 8.72. The molecule has 5 nitrogen and oxygen atoms in total. The maximum Gasteiger partial charge on any atom is 0.137 e. The Bertz CT molecular complexity index is 688. The fraction of sp³-hybridized carbons (Fsp3) is 0.0769. The lowest BCUT2D eigenvalue weighted by atomic mass is 10.2. The smallest absolute Gasteiger partial charge is 0.137 e. The summed E-state index contributed by atoms with van der Waals surface area (Å²) in [5.74, 6) is 1.04. The van der Waals surface area contributed by atoms with Crippen LogP contribution < -0.4 is 5.32 Å². The van der Waals surface area contributed by atoms with Crippen LogP contribution in [-0.2, 0) is 0 Å². The van der Waals surface area contributed by atoms with Crippen molar-refractivity contribution in [3.8, 4) is 17.0 Å². The van der Waals surface area contributed by atoms with E-state index in [9.17, 15) is 5.11 Å². The lowest BCUT2D eigenvalue weighted by Gasteiger charge is -1.99. The molecule has 0 saturated heterocycles. The van der Waals surface area contributed by atoms with Crippen molar-refractivity contribution in [2.45, 2.75) is 0 Å². The van der Waals surface area contributed by atoms with E-state index >= 15 is 0 Å². The largest absolute Gasteiger partial charge is 0.506 e. The lowest BCUT2D eigenvalue weighted by molar-refractivity contribution is 0.472. The number of pyridine rings is 2. The first-order valence-corrected chi connectivity index (χ1v) is 5.58. The quantitative estimate of drug-likeness (QED) is 0.720. The van der Waals surface area contributed by atoms with E-state index in [1.165, 1.54) is 0 Å². The van der Waals surface area contributed by atoms with Gasteiger partial charge in [-0.15, -0.1) is 0 Å². The number of hydrogen-bond acceptors (Lipinski definition) is 4. The van der Waals surface area contributed by atoms with E-state index in [-0.39, 0.29) is 5.75 Å². The summed E-state index contributed by atoms with van der Waals surface area (Å²) in [5.41, 5.74) is 2.56. The van der Waals surface area contributed by atoms with Crippen LogP contribution in [-0.4, -0.2) is 26.5 Å². The van der Waals surface area contributed by atoms with Gasteiger partial charge in [0.1, 0.15) is 17.2 Å². The second-order valence-corrected chi connectivity index (χ2v) is 3.96. The lowest BCUT2D eigenvalue weighted by Crippen LogP contribution is -1.91. The predicted octanol–water partition coefficient (Wildman–Crippen LogP) is 2.14. The molecule has 0 atom stereocenters. The van der Waals surface area contributed by atoms with Gasteiger partial charge >= 0.3 is 0 Å². The third kappa shape index (κ3) is 1.75. The Morgan fingerprint density at radius 3 is 2.78 bits per heavy atom. The minimum atomic E-state index is 0.218. The predicted molar refractivity (Wildman–Crippen MR) is 69.6 cm³/mol. The van der Waals surface area contributed by atoms with E-state index in [4.69, 9.17) is 0 Å². The molecule has 0 aromatic carbocycles. The summed E-state index contributed by atoms with van der Waals surface area (Å²) >= 11 is 0. The highest BCUT2D eigenvalue weighted by Gasteiger charge is 2.05. The van der Waals surface area contributed by atoms with Crippen LogP contribution in [0.4, 0.5) is 5.82 Å². The third-order valence-corrected chi connectivity index (χ3v) is 2.75. The first kappa shape index (κ1) is 10.6. The molecule has 3 aromatic heterocycles. The molecule has 0 bridgehead atoms. The van der Waals surface area contributed by atoms with Gasteiger partial charge in [0.25, 0.3) is 0 Å². The zero-order valence-electron chi connectivity index (χ0n) is 9.83. The fourth-order valence-electron chi connectivity index (χ4n) is 1.81. The highest BCUT2D eigenvalue weighted by atomic mass is 16.3. The van der Waals surface area contributed by atoms with Gasteiger partial charge in [-0.25, -0.2) is 9.97 Å². The Morgan fingerprint density at radius 1 is 1.17 bits per heavy atom. The summed E-state index contributed by atoms with van der Waals surface area (Å²) in [6.45, 7) is 0. The van der Waals surface area contributed by atoms with Crippen molar-refractivity contribution < 1.29 is 5.11 Å². The van der Waals surface area contributed by atoms with Crippen LogP contribution in [0.5, 0.6) is 5.75 Å². The van der Waals surface area contributed by atoms with E-state index < -0.39 is 0 Å². The Morgan fingerprint density at radius 2 is 2.06 bits per heavy atom. The molecule has 5 heteroatoms. The molecular weight excluding hydrogens is 228 g/mol. The van der Waals surface area contributed by atoms with E-state index in [0.717, 1.165) is 22.7 Å². The zero-order chi connectivity index (χ0) is 12.5. The van der Waals surface area contributed by atoms with Crippen molar-refractivity contribution in [2.75, 3.05) is 12.4 Å². The van der Waals surface area contributed by atoms with Crippen LogP contribution in [0, 0.1) is 0 Å². The number of hydrogen-bond donors (Lipinski definition) is 2. The highest BCUT2D eigenvalue weighted by molar-refractivity contribution is 5.63. The van der Waals surface area contributed by atoms with Gasteiger partial charge in [-0.05, 0) is 24.3 Å². The van der Waals surface area contributed by atoms with Crippen LogP contribution in [0.25, 0.3) is 16.9 Å². The number of nitrogens with zero attached hydrogens (tertiary/aromatic N) is 3. The molecule has 0 fully saturated rings. The number of imidazole rings is 1. The van der Waals surface area contributed by atoms with Gasteiger partial charge in [0.15, 0.2) is 0 Å². The summed E-state index contributed by atoms with van der Waals surface area (Å²) in [6.07, 6.45) is 5.26. The molecule has 3 heterocycles. The third-order valence-electron chi connectivity index (χ3n) is 2.75. The molecule has 0 radical (unpaired) electrons. The van der Waals surface area contributed by atoms with Gasteiger partial charge in [0, 0.05) is 25.0 Å². The molecule has 0 aliphatic rings. The molecule has 0 unspecified atom stereocenters. The van der Waals surface area contributed by atoms with Crippen molar-refractivity contribution in [1.29, 1.82) is 0 Å². The normalized spacial score (nSPS) is 10.7. The SMILES string of the molecule is CNc1ccc(-c2cn3cc(O)ccc3n2)cn1. The van der Waals surface area contributed by atoms with Crippen molar-refractivity contribution in [3.05, 3.63) is 42.9 Å². The van der Waals surface area contributed by atoms with Crippen LogP contribution in [0.15, 0.2) is 42.9 Å². The molecule has 0 aliphatic carbocycles. The van der Waals surface area contributed by atoms with Crippen molar-refractivity contribution in [1.82, 2.24) is 14.4 Å². The minimum Gasteiger partial charge on any atom is -0.506 e. The van der Waals surface area contributed by atoms with Crippen LogP contribution >= 0.6 is 0 Å². The molecule has 0 saturated carbocycles. The summed E-state index contributed by atoms with van der Waals surface area (Å²) in [6, 6.07) is 7.25. The van der Waals surface area contributed by atoms with Gasteiger partial charge in [-0.1, -0.05) is 0 Å². The van der Waals surface area contributed by atoms with Gasteiger partial charge in [0.2, 0.25) is 0 Å². The molecule has 3 rings (SSSR count). The van der Waals surface area contributed by atoms with Crippen LogP contribution in [0.1, 0.15) is 0 Å². The van der Waals surface area contributed by atoms with Gasteiger partial charge < -0.3 is 14.8 Å². The minimum absolute atomic E-state index is 0.218. The Balaban J connectivity index is 2.07. The number of fused-ring (bicyclic) bond motifs is 1. The molecule has 0 amide bonds. The van der Waals surface area contributed by atoms with E-state index in [1.54, 1.807) is 28.9 Å². The average molecular weight is 240 g/mol. The topological polar surface area (TPSA) is 62.5 Å².